The number of hydrogen-bond donors (Lipinski definition) is 2. The second kappa shape index (κ2) is 6.39. The van der Waals surface area contributed by atoms with Gasteiger partial charge in [-0.3, -0.25) is 4.79 Å². The number of rotatable bonds is 4. The smallest absolute Gasteiger partial charge is 0.271 e. The topological polar surface area (TPSA) is 105 Å². The number of halogens is 2. The fraction of sp³-hybridized carbons (Fsp3) is 0.0769. The van der Waals surface area contributed by atoms with Crippen LogP contribution in [-0.4, -0.2) is 15.9 Å². The van der Waals surface area contributed by atoms with Crippen molar-refractivity contribution in [2.75, 3.05) is 5.32 Å². The molecule has 0 aliphatic carbocycles. The first kappa shape index (κ1) is 15.0. The Morgan fingerprint density at radius 1 is 1.38 bits per heavy atom. The van der Waals surface area contributed by atoms with Crippen LogP contribution in [0.5, 0.6) is 0 Å². The lowest BCUT2D eigenvalue weighted by Crippen LogP contribution is -2.18. The van der Waals surface area contributed by atoms with Gasteiger partial charge in [0.15, 0.2) is 17.2 Å². The van der Waals surface area contributed by atoms with E-state index in [9.17, 15) is 4.79 Å². The van der Waals surface area contributed by atoms with E-state index in [1.165, 1.54) is 6.20 Å². The predicted molar refractivity (Wildman–Crippen MR) is 79.1 cm³/mol. The Kier molecular flexibility index (Phi) is 4.58. The van der Waals surface area contributed by atoms with Gasteiger partial charge < -0.3 is 11.1 Å². The van der Waals surface area contributed by atoms with Crippen LogP contribution >= 0.6 is 23.2 Å². The molecule has 1 heterocycles. The Hall–Kier alpha value is -2.36. The van der Waals surface area contributed by atoms with Crippen LogP contribution in [0.1, 0.15) is 21.7 Å². The van der Waals surface area contributed by atoms with Crippen LogP contribution in [0.25, 0.3) is 0 Å². The minimum atomic E-state index is -0.733. The summed E-state index contributed by atoms with van der Waals surface area (Å²) < 4.78 is 0. The highest BCUT2D eigenvalue weighted by atomic mass is 35.5. The number of nitrogens with zero attached hydrogens (tertiary/aromatic N) is 3. The summed E-state index contributed by atoms with van der Waals surface area (Å²) in [6, 6.07) is 6.96. The van der Waals surface area contributed by atoms with Gasteiger partial charge in [-0.05, 0) is 17.7 Å². The number of carbonyl (C=O) groups is 1. The van der Waals surface area contributed by atoms with Gasteiger partial charge in [0.05, 0.1) is 16.2 Å². The van der Waals surface area contributed by atoms with Gasteiger partial charge in [-0.2, -0.15) is 5.26 Å². The summed E-state index contributed by atoms with van der Waals surface area (Å²) >= 11 is 11.8. The lowest BCUT2D eigenvalue weighted by Gasteiger charge is -2.09. The zero-order chi connectivity index (χ0) is 15.4. The standard InChI is InChI=1S/C13H9Cl2N5O/c14-9-2-1-7(3-10(9)15)5-19-13-11(12(17)21)18-6-8(4-16)20-13/h1-3,6H,5H2,(H2,17,21)(H,19,20). The minimum absolute atomic E-state index is 0.0333. The first-order valence-corrected chi connectivity index (χ1v) is 6.51. The first-order valence-electron chi connectivity index (χ1n) is 5.76. The molecule has 0 aliphatic heterocycles. The molecule has 0 unspecified atom stereocenters. The van der Waals surface area contributed by atoms with Crippen molar-refractivity contribution >= 4 is 34.9 Å². The average Bonchev–Trinajstić information content (AvgIpc) is 2.48. The summed E-state index contributed by atoms with van der Waals surface area (Å²) in [5.74, 6) is -0.587. The number of benzene rings is 1. The lowest BCUT2D eigenvalue weighted by atomic mass is 10.2. The maximum absolute atomic E-state index is 11.3. The molecule has 1 aromatic carbocycles. The fourth-order valence-corrected chi connectivity index (χ4v) is 1.90. The van der Waals surface area contributed by atoms with E-state index in [2.05, 4.69) is 15.3 Å². The van der Waals surface area contributed by atoms with E-state index in [0.717, 1.165) is 5.56 Å². The van der Waals surface area contributed by atoms with Crippen molar-refractivity contribution in [1.82, 2.24) is 9.97 Å². The lowest BCUT2D eigenvalue weighted by molar-refractivity contribution is 0.0996. The van der Waals surface area contributed by atoms with Gasteiger partial charge in [0.1, 0.15) is 6.07 Å². The van der Waals surface area contributed by atoms with Gasteiger partial charge in [-0.25, -0.2) is 9.97 Å². The van der Waals surface area contributed by atoms with Crippen LogP contribution in [0.4, 0.5) is 5.82 Å². The van der Waals surface area contributed by atoms with E-state index in [0.29, 0.717) is 16.6 Å². The molecule has 0 saturated carbocycles. The number of nitrogens with one attached hydrogen (secondary N) is 1. The molecule has 0 saturated heterocycles. The van der Waals surface area contributed by atoms with E-state index < -0.39 is 5.91 Å². The largest absolute Gasteiger partial charge is 0.364 e. The molecule has 1 amide bonds. The SMILES string of the molecule is N#Cc1cnc(C(N)=O)c(NCc2ccc(Cl)c(Cl)c2)n1. The highest BCUT2D eigenvalue weighted by molar-refractivity contribution is 6.42. The Morgan fingerprint density at radius 3 is 2.76 bits per heavy atom. The third-order valence-corrected chi connectivity index (χ3v) is 3.30. The number of amides is 1. The molecule has 2 aromatic rings. The number of nitrogens with two attached hydrogens (primary N) is 1. The van der Waals surface area contributed by atoms with Gasteiger partial charge >= 0.3 is 0 Å². The number of carbonyl (C=O) groups excluding carboxylic acids is 1. The summed E-state index contributed by atoms with van der Waals surface area (Å²) in [5, 5.41) is 12.6. The average molecular weight is 322 g/mol. The summed E-state index contributed by atoms with van der Waals surface area (Å²) in [4.78, 5) is 19.1. The normalized spacial score (nSPS) is 9.95. The maximum Gasteiger partial charge on any atom is 0.271 e. The summed E-state index contributed by atoms with van der Waals surface area (Å²) in [6.07, 6.45) is 1.18. The number of aromatic nitrogens is 2. The summed E-state index contributed by atoms with van der Waals surface area (Å²) in [6.45, 7) is 0.320. The second-order valence-electron chi connectivity index (χ2n) is 4.03. The van der Waals surface area contributed by atoms with Crippen molar-refractivity contribution in [3.05, 3.63) is 51.4 Å². The van der Waals surface area contributed by atoms with Gasteiger partial charge in [0.2, 0.25) is 0 Å². The zero-order valence-corrected chi connectivity index (χ0v) is 12.1. The van der Waals surface area contributed by atoms with Crippen LogP contribution in [0.3, 0.4) is 0 Å². The Bertz CT molecular complexity index is 742. The molecular formula is C13H9Cl2N5O. The number of primary amides is 1. The van der Waals surface area contributed by atoms with Crippen molar-refractivity contribution in [1.29, 1.82) is 5.26 Å². The highest BCUT2D eigenvalue weighted by Crippen LogP contribution is 2.23. The first-order chi connectivity index (χ1) is 10.0. The Labute approximate surface area is 130 Å². The molecule has 21 heavy (non-hydrogen) atoms. The van der Waals surface area contributed by atoms with E-state index >= 15 is 0 Å². The van der Waals surface area contributed by atoms with Crippen LogP contribution < -0.4 is 11.1 Å². The molecule has 0 bridgehead atoms. The van der Waals surface area contributed by atoms with E-state index in [1.807, 2.05) is 6.07 Å². The third-order valence-electron chi connectivity index (χ3n) is 2.56. The molecule has 0 radical (unpaired) electrons. The molecular weight excluding hydrogens is 313 g/mol. The second-order valence-corrected chi connectivity index (χ2v) is 4.84. The molecule has 6 nitrogen and oxygen atoms in total. The van der Waals surface area contributed by atoms with Crippen LogP contribution in [0.2, 0.25) is 10.0 Å². The molecule has 0 fully saturated rings. The molecule has 0 atom stereocenters. The molecule has 2 rings (SSSR count). The summed E-state index contributed by atoms with van der Waals surface area (Å²) in [5.41, 5.74) is 6.09. The summed E-state index contributed by atoms with van der Waals surface area (Å²) in [7, 11) is 0. The molecule has 0 spiro atoms. The van der Waals surface area contributed by atoms with E-state index in [1.54, 1.807) is 18.2 Å². The van der Waals surface area contributed by atoms with Crippen molar-refractivity contribution in [2.45, 2.75) is 6.54 Å². The van der Waals surface area contributed by atoms with Crippen LogP contribution in [0.15, 0.2) is 24.4 Å². The molecule has 3 N–H and O–H groups in total. The molecule has 106 valence electrons. The van der Waals surface area contributed by atoms with Crippen LogP contribution in [0, 0.1) is 11.3 Å². The molecule has 1 aromatic heterocycles. The quantitative estimate of drug-likeness (QED) is 0.899. The predicted octanol–water partition coefficient (Wildman–Crippen LogP) is 2.37. The van der Waals surface area contributed by atoms with Crippen molar-refractivity contribution in [3.63, 3.8) is 0 Å². The monoisotopic (exact) mass is 321 g/mol. The number of anilines is 1. The van der Waals surface area contributed by atoms with Crippen LogP contribution in [-0.2, 0) is 6.54 Å². The Morgan fingerprint density at radius 2 is 2.14 bits per heavy atom. The number of nitriles is 1. The fourth-order valence-electron chi connectivity index (χ4n) is 1.58. The minimum Gasteiger partial charge on any atom is -0.364 e. The third kappa shape index (κ3) is 3.60. The number of hydrogen-bond acceptors (Lipinski definition) is 5. The van der Waals surface area contributed by atoms with Gasteiger partial charge in [0, 0.05) is 6.54 Å². The van der Waals surface area contributed by atoms with E-state index in [4.69, 9.17) is 34.2 Å². The zero-order valence-electron chi connectivity index (χ0n) is 10.6. The van der Waals surface area contributed by atoms with Crippen molar-refractivity contribution in [2.24, 2.45) is 5.73 Å². The van der Waals surface area contributed by atoms with Crippen molar-refractivity contribution < 1.29 is 4.79 Å². The van der Waals surface area contributed by atoms with Gasteiger partial charge in [0.25, 0.3) is 5.91 Å². The highest BCUT2D eigenvalue weighted by Gasteiger charge is 2.12. The maximum atomic E-state index is 11.3. The Balaban J connectivity index is 2.24. The van der Waals surface area contributed by atoms with Gasteiger partial charge in [-0.15, -0.1) is 0 Å². The van der Waals surface area contributed by atoms with Crippen molar-refractivity contribution in [3.8, 4) is 6.07 Å². The molecule has 8 heteroatoms. The van der Waals surface area contributed by atoms with Gasteiger partial charge in [-0.1, -0.05) is 29.3 Å². The van der Waals surface area contributed by atoms with E-state index in [-0.39, 0.29) is 17.2 Å². The molecule has 0 aliphatic rings.